The minimum atomic E-state index is -0.175. The van der Waals surface area contributed by atoms with Crippen LogP contribution in [-0.2, 0) is 4.79 Å². The SMILES string of the molecule is CCC1(CO)CCN(C(C)C(=O)Nc2ccc(OC)cc2)CC1. The number of benzene rings is 1. The summed E-state index contributed by atoms with van der Waals surface area (Å²) in [5.74, 6) is 0.773. The largest absolute Gasteiger partial charge is 0.497 e. The van der Waals surface area contributed by atoms with E-state index >= 15 is 0 Å². The van der Waals surface area contributed by atoms with Gasteiger partial charge in [0.15, 0.2) is 0 Å². The van der Waals surface area contributed by atoms with E-state index in [-0.39, 0.29) is 24.0 Å². The van der Waals surface area contributed by atoms with E-state index in [1.807, 2.05) is 31.2 Å². The highest BCUT2D eigenvalue weighted by Crippen LogP contribution is 2.34. The number of nitrogens with zero attached hydrogens (tertiary/aromatic N) is 1. The molecule has 0 saturated carbocycles. The second-order valence-corrected chi connectivity index (χ2v) is 6.44. The predicted molar refractivity (Wildman–Crippen MR) is 91.7 cm³/mol. The Hall–Kier alpha value is -1.59. The van der Waals surface area contributed by atoms with Crippen molar-refractivity contribution in [3.05, 3.63) is 24.3 Å². The lowest BCUT2D eigenvalue weighted by Crippen LogP contribution is -2.49. The highest BCUT2D eigenvalue weighted by molar-refractivity contribution is 5.94. The number of rotatable bonds is 6. The summed E-state index contributed by atoms with van der Waals surface area (Å²) < 4.78 is 5.12. The van der Waals surface area contributed by atoms with Gasteiger partial charge >= 0.3 is 0 Å². The van der Waals surface area contributed by atoms with Gasteiger partial charge in [-0.15, -0.1) is 0 Å². The Labute approximate surface area is 138 Å². The number of amides is 1. The molecule has 128 valence electrons. The van der Waals surface area contributed by atoms with Gasteiger partial charge in [-0.3, -0.25) is 9.69 Å². The quantitative estimate of drug-likeness (QED) is 0.845. The fourth-order valence-electron chi connectivity index (χ4n) is 3.10. The van der Waals surface area contributed by atoms with Gasteiger partial charge in [0, 0.05) is 12.3 Å². The molecule has 5 nitrogen and oxygen atoms in total. The zero-order valence-electron chi connectivity index (χ0n) is 14.3. The van der Waals surface area contributed by atoms with Gasteiger partial charge in [0.1, 0.15) is 5.75 Å². The zero-order chi connectivity index (χ0) is 16.9. The number of hydrogen-bond donors (Lipinski definition) is 2. The maximum atomic E-state index is 12.4. The molecule has 0 aliphatic carbocycles. The third kappa shape index (κ3) is 4.24. The number of hydrogen-bond acceptors (Lipinski definition) is 4. The Kier molecular flexibility index (Phi) is 6.02. The third-order valence-corrected chi connectivity index (χ3v) is 5.23. The summed E-state index contributed by atoms with van der Waals surface area (Å²) in [6.07, 6.45) is 2.88. The maximum Gasteiger partial charge on any atom is 0.241 e. The van der Waals surface area contributed by atoms with Crippen LogP contribution in [-0.4, -0.2) is 48.8 Å². The van der Waals surface area contributed by atoms with Crippen LogP contribution in [0.1, 0.15) is 33.1 Å². The van der Waals surface area contributed by atoms with Crippen molar-refractivity contribution in [1.29, 1.82) is 0 Å². The number of anilines is 1. The highest BCUT2D eigenvalue weighted by Gasteiger charge is 2.35. The van der Waals surface area contributed by atoms with Crippen LogP contribution in [0.5, 0.6) is 5.75 Å². The standard InChI is InChI=1S/C18H28N2O3/c1-4-18(13-21)9-11-20(12-10-18)14(2)17(22)19-15-5-7-16(23-3)8-6-15/h5-8,14,21H,4,9-13H2,1-3H3,(H,19,22). The molecule has 1 amide bonds. The van der Waals surface area contributed by atoms with Crippen molar-refractivity contribution in [1.82, 2.24) is 4.90 Å². The van der Waals surface area contributed by atoms with Crippen LogP contribution >= 0.6 is 0 Å². The van der Waals surface area contributed by atoms with Crippen molar-refractivity contribution in [2.24, 2.45) is 5.41 Å². The van der Waals surface area contributed by atoms with Crippen LogP contribution in [0, 0.1) is 5.41 Å². The van der Waals surface area contributed by atoms with Gasteiger partial charge in [0.05, 0.1) is 13.2 Å². The average molecular weight is 320 g/mol. The first-order valence-corrected chi connectivity index (χ1v) is 8.33. The molecule has 0 spiro atoms. The second kappa shape index (κ2) is 7.79. The van der Waals surface area contributed by atoms with Crippen LogP contribution in [0.2, 0.25) is 0 Å². The average Bonchev–Trinajstić information content (AvgIpc) is 2.61. The number of carbonyl (C=O) groups excluding carboxylic acids is 1. The van der Waals surface area contributed by atoms with Crippen molar-refractivity contribution in [2.75, 3.05) is 32.1 Å². The Bertz CT molecular complexity index is 502. The van der Waals surface area contributed by atoms with Crippen LogP contribution in [0.25, 0.3) is 0 Å². The summed E-state index contributed by atoms with van der Waals surface area (Å²) in [6.45, 7) is 6.02. The van der Waals surface area contributed by atoms with Crippen LogP contribution in [0.15, 0.2) is 24.3 Å². The van der Waals surface area contributed by atoms with E-state index in [4.69, 9.17) is 4.74 Å². The van der Waals surface area contributed by atoms with Gasteiger partial charge in [-0.1, -0.05) is 6.92 Å². The number of carbonyl (C=O) groups is 1. The number of piperidine rings is 1. The molecule has 0 bridgehead atoms. The number of ether oxygens (including phenoxy) is 1. The van der Waals surface area contributed by atoms with Gasteiger partial charge in [-0.05, 0) is 69.0 Å². The summed E-state index contributed by atoms with van der Waals surface area (Å²) in [7, 11) is 1.62. The van der Waals surface area contributed by atoms with Crippen LogP contribution in [0.3, 0.4) is 0 Å². The van der Waals surface area contributed by atoms with E-state index in [1.54, 1.807) is 7.11 Å². The minimum absolute atomic E-state index is 0.00293. The molecule has 1 aliphatic rings. The number of likely N-dealkylation sites (tertiary alicyclic amines) is 1. The van der Waals surface area contributed by atoms with Crippen molar-refractivity contribution < 1.29 is 14.6 Å². The lowest BCUT2D eigenvalue weighted by atomic mass is 9.76. The first kappa shape index (κ1) is 17.8. The first-order valence-electron chi connectivity index (χ1n) is 8.33. The molecular weight excluding hydrogens is 292 g/mol. The molecule has 0 radical (unpaired) electrons. The lowest BCUT2D eigenvalue weighted by Gasteiger charge is -2.42. The van der Waals surface area contributed by atoms with Crippen molar-refractivity contribution >= 4 is 11.6 Å². The van der Waals surface area contributed by atoms with E-state index in [0.29, 0.717) is 0 Å². The summed E-state index contributed by atoms with van der Waals surface area (Å²) in [5, 5.41) is 12.6. The molecule has 1 atom stereocenters. The molecule has 2 rings (SSSR count). The van der Waals surface area contributed by atoms with E-state index in [2.05, 4.69) is 17.1 Å². The number of nitrogens with one attached hydrogen (secondary N) is 1. The topological polar surface area (TPSA) is 61.8 Å². The van der Waals surface area contributed by atoms with E-state index in [9.17, 15) is 9.90 Å². The van der Waals surface area contributed by atoms with Crippen molar-refractivity contribution in [3.8, 4) is 5.75 Å². The molecule has 0 aromatic heterocycles. The second-order valence-electron chi connectivity index (χ2n) is 6.44. The molecule has 1 aliphatic heterocycles. The molecule has 1 heterocycles. The normalized spacial score (nSPS) is 19.1. The summed E-state index contributed by atoms with van der Waals surface area (Å²) in [5.41, 5.74) is 0.820. The van der Waals surface area contributed by atoms with Gasteiger partial charge < -0.3 is 15.2 Å². The Morgan fingerprint density at radius 2 is 1.96 bits per heavy atom. The predicted octanol–water partition coefficient (Wildman–Crippen LogP) is 2.51. The maximum absolute atomic E-state index is 12.4. The van der Waals surface area contributed by atoms with E-state index in [0.717, 1.165) is 43.8 Å². The van der Waals surface area contributed by atoms with E-state index < -0.39 is 0 Å². The third-order valence-electron chi connectivity index (χ3n) is 5.23. The number of aliphatic hydroxyl groups is 1. The minimum Gasteiger partial charge on any atom is -0.497 e. The van der Waals surface area contributed by atoms with Gasteiger partial charge in [0.2, 0.25) is 5.91 Å². The Morgan fingerprint density at radius 3 is 2.43 bits per heavy atom. The van der Waals surface area contributed by atoms with Crippen LogP contribution in [0.4, 0.5) is 5.69 Å². The summed E-state index contributed by atoms with van der Waals surface area (Å²) in [6, 6.07) is 7.17. The zero-order valence-corrected chi connectivity index (χ0v) is 14.3. The number of methoxy groups -OCH3 is 1. The van der Waals surface area contributed by atoms with Gasteiger partial charge in [-0.2, -0.15) is 0 Å². The molecule has 1 aromatic carbocycles. The Morgan fingerprint density at radius 1 is 1.35 bits per heavy atom. The molecular formula is C18H28N2O3. The summed E-state index contributed by atoms with van der Waals surface area (Å²) >= 11 is 0. The molecule has 23 heavy (non-hydrogen) atoms. The molecule has 5 heteroatoms. The molecule has 1 fully saturated rings. The smallest absolute Gasteiger partial charge is 0.241 e. The monoisotopic (exact) mass is 320 g/mol. The molecule has 1 saturated heterocycles. The van der Waals surface area contributed by atoms with Gasteiger partial charge in [-0.25, -0.2) is 0 Å². The van der Waals surface area contributed by atoms with Crippen LogP contribution < -0.4 is 10.1 Å². The number of aliphatic hydroxyl groups excluding tert-OH is 1. The highest BCUT2D eigenvalue weighted by atomic mass is 16.5. The molecule has 1 aromatic rings. The first-order chi connectivity index (χ1) is 11.0. The lowest BCUT2D eigenvalue weighted by molar-refractivity contribution is -0.121. The molecule has 2 N–H and O–H groups in total. The summed E-state index contributed by atoms with van der Waals surface area (Å²) in [4.78, 5) is 14.6. The fraction of sp³-hybridized carbons (Fsp3) is 0.611. The van der Waals surface area contributed by atoms with Gasteiger partial charge in [0.25, 0.3) is 0 Å². The fourth-order valence-corrected chi connectivity index (χ4v) is 3.10. The van der Waals surface area contributed by atoms with E-state index in [1.165, 1.54) is 0 Å². The van der Waals surface area contributed by atoms with Crippen molar-refractivity contribution in [2.45, 2.75) is 39.2 Å². The molecule has 1 unspecified atom stereocenters. The Balaban J connectivity index is 1.90. The van der Waals surface area contributed by atoms with Crippen molar-refractivity contribution in [3.63, 3.8) is 0 Å².